The van der Waals surface area contributed by atoms with Crippen molar-refractivity contribution in [1.82, 2.24) is 10.2 Å². The van der Waals surface area contributed by atoms with E-state index in [1.807, 2.05) is 11.8 Å². The molecule has 0 aromatic rings. The summed E-state index contributed by atoms with van der Waals surface area (Å²) in [6.07, 6.45) is -1.07. The third kappa shape index (κ3) is 3.26. The smallest absolute Gasteiger partial charge is 0.300 e. The van der Waals surface area contributed by atoms with Gasteiger partial charge in [0.15, 0.2) is 0 Å². The number of halogens is 3. The number of hydrogen-bond donors (Lipinski definition) is 1. The zero-order valence-electron chi connectivity index (χ0n) is 11.8. The molecular formula is C14H22F3N3. The molecule has 1 saturated heterocycles. The molecule has 0 aromatic heterocycles. The van der Waals surface area contributed by atoms with Crippen molar-refractivity contribution in [2.75, 3.05) is 19.6 Å². The minimum Gasteiger partial charge on any atom is -0.300 e. The van der Waals surface area contributed by atoms with Crippen LogP contribution in [-0.2, 0) is 0 Å². The average Bonchev–Trinajstić information content (AvgIpc) is 2.83. The first-order valence-electron chi connectivity index (χ1n) is 7.37. The normalized spacial score (nSPS) is 36.0. The molecule has 1 aliphatic carbocycles. The molecule has 1 heterocycles. The van der Waals surface area contributed by atoms with Gasteiger partial charge in [0.2, 0.25) is 0 Å². The molecule has 1 N–H and O–H groups in total. The zero-order valence-corrected chi connectivity index (χ0v) is 11.8. The topological polar surface area (TPSA) is 39.1 Å². The molecule has 3 unspecified atom stereocenters. The van der Waals surface area contributed by atoms with Gasteiger partial charge in [-0.1, -0.05) is 6.92 Å². The Labute approximate surface area is 118 Å². The van der Waals surface area contributed by atoms with Gasteiger partial charge in [0.1, 0.15) is 5.54 Å². The Balaban J connectivity index is 1.98. The molecule has 1 aliphatic heterocycles. The summed E-state index contributed by atoms with van der Waals surface area (Å²) in [6.45, 7) is 3.49. The Hall–Kier alpha value is -0.800. The van der Waals surface area contributed by atoms with Crippen LogP contribution in [0.3, 0.4) is 0 Å². The Morgan fingerprint density at radius 3 is 2.75 bits per heavy atom. The molecule has 2 aliphatic rings. The molecule has 0 amide bonds. The quantitative estimate of drug-likeness (QED) is 0.868. The summed E-state index contributed by atoms with van der Waals surface area (Å²) in [5.41, 5.74) is -0.537. The maximum Gasteiger partial charge on any atom is 0.393 e. The van der Waals surface area contributed by atoms with E-state index >= 15 is 0 Å². The van der Waals surface area contributed by atoms with Crippen molar-refractivity contribution in [3.8, 4) is 6.07 Å². The molecule has 6 heteroatoms. The fourth-order valence-corrected chi connectivity index (χ4v) is 3.58. The van der Waals surface area contributed by atoms with Crippen LogP contribution in [0.1, 0.15) is 39.0 Å². The van der Waals surface area contributed by atoms with Crippen LogP contribution in [0.15, 0.2) is 0 Å². The van der Waals surface area contributed by atoms with Crippen LogP contribution in [0.2, 0.25) is 0 Å². The van der Waals surface area contributed by atoms with E-state index in [1.165, 1.54) is 0 Å². The highest BCUT2D eigenvalue weighted by Crippen LogP contribution is 2.38. The second-order valence-electron chi connectivity index (χ2n) is 6.00. The summed E-state index contributed by atoms with van der Waals surface area (Å²) in [7, 11) is 0. The first kappa shape index (κ1) is 15.6. The Bertz CT molecular complexity index is 377. The predicted octanol–water partition coefficient (Wildman–Crippen LogP) is 2.69. The van der Waals surface area contributed by atoms with Gasteiger partial charge >= 0.3 is 6.18 Å². The molecule has 3 nitrogen and oxygen atoms in total. The lowest BCUT2D eigenvalue weighted by atomic mass is 9.94. The van der Waals surface area contributed by atoms with Crippen molar-refractivity contribution < 1.29 is 13.2 Å². The highest BCUT2D eigenvalue weighted by atomic mass is 19.4. The van der Waals surface area contributed by atoms with Gasteiger partial charge in [-0.25, -0.2) is 0 Å². The Morgan fingerprint density at radius 1 is 1.40 bits per heavy atom. The van der Waals surface area contributed by atoms with Gasteiger partial charge in [0.25, 0.3) is 0 Å². The lowest BCUT2D eigenvalue weighted by Crippen LogP contribution is -2.48. The predicted molar refractivity (Wildman–Crippen MR) is 70.0 cm³/mol. The summed E-state index contributed by atoms with van der Waals surface area (Å²) in [5, 5.41) is 12.5. The van der Waals surface area contributed by atoms with Gasteiger partial charge in [0, 0.05) is 12.6 Å². The van der Waals surface area contributed by atoms with Gasteiger partial charge in [-0.05, 0) is 45.2 Å². The minimum absolute atomic E-state index is 0.0990. The monoisotopic (exact) mass is 289 g/mol. The maximum atomic E-state index is 12.8. The number of nitrogens with one attached hydrogen (secondary N) is 1. The van der Waals surface area contributed by atoms with Crippen LogP contribution in [-0.4, -0.2) is 42.3 Å². The van der Waals surface area contributed by atoms with Gasteiger partial charge in [-0.2, -0.15) is 18.4 Å². The molecule has 2 rings (SSSR count). The summed E-state index contributed by atoms with van der Waals surface area (Å²) < 4.78 is 38.5. The van der Waals surface area contributed by atoms with Crippen LogP contribution >= 0.6 is 0 Å². The van der Waals surface area contributed by atoms with Crippen molar-refractivity contribution in [3.63, 3.8) is 0 Å². The van der Waals surface area contributed by atoms with Gasteiger partial charge in [-0.15, -0.1) is 0 Å². The van der Waals surface area contributed by atoms with E-state index in [0.717, 1.165) is 19.4 Å². The second-order valence-corrected chi connectivity index (χ2v) is 6.00. The molecule has 2 fully saturated rings. The second kappa shape index (κ2) is 5.90. The lowest BCUT2D eigenvalue weighted by Gasteiger charge is -2.37. The van der Waals surface area contributed by atoms with Crippen molar-refractivity contribution in [2.45, 2.75) is 56.8 Å². The largest absolute Gasteiger partial charge is 0.393 e. The van der Waals surface area contributed by atoms with E-state index < -0.39 is 17.6 Å². The van der Waals surface area contributed by atoms with E-state index in [1.54, 1.807) is 0 Å². The van der Waals surface area contributed by atoms with Crippen LogP contribution < -0.4 is 5.32 Å². The van der Waals surface area contributed by atoms with E-state index in [2.05, 4.69) is 11.4 Å². The molecule has 114 valence electrons. The number of hydrogen-bond acceptors (Lipinski definition) is 3. The van der Waals surface area contributed by atoms with Gasteiger partial charge < -0.3 is 0 Å². The van der Waals surface area contributed by atoms with Crippen molar-refractivity contribution in [2.24, 2.45) is 5.92 Å². The summed E-state index contributed by atoms with van der Waals surface area (Å²) >= 11 is 0. The minimum atomic E-state index is -4.09. The maximum absolute atomic E-state index is 12.8. The number of piperidine rings is 1. The van der Waals surface area contributed by atoms with Crippen molar-refractivity contribution in [3.05, 3.63) is 0 Å². The highest BCUT2D eigenvalue weighted by molar-refractivity contribution is 5.13. The molecule has 0 aromatic carbocycles. The van der Waals surface area contributed by atoms with Gasteiger partial charge in [0.05, 0.1) is 12.0 Å². The number of rotatable bonds is 3. The molecule has 0 radical (unpaired) electrons. The number of nitrogens with zero attached hydrogens (tertiary/aromatic N) is 2. The third-order valence-corrected chi connectivity index (χ3v) is 4.65. The van der Waals surface area contributed by atoms with E-state index in [0.29, 0.717) is 19.4 Å². The van der Waals surface area contributed by atoms with Crippen LogP contribution in [0.25, 0.3) is 0 Å². The van der Waals surface area contributed by atoms with Crippen LogP contribution in [0, 0.1) is 17.2 Å². The summed E-state index contributed by atoms with van der Waals surface area (Å²) in [5.74, 6) is -1.20. The van der Waals surface area contributed by atoms with E-state index in [-0.39, 0.29) is 19.0 Å². The standard InChI is InChI=1S/C14H22F3N3/c1-2-19-13(10-18)6-5-12(8-13)20-7-3-4-11(9-20)14(15,16)17/h11-12,19H,2-9H2,1H3. The average molecular weight is 289 g/mol. The van der Waals surface area contributed by atoms with Gasteiger partial charge in [-0.3, -0.25) is 10.2 Å². The van der Waals surface area contributed by atoms with Crippen LogP contribution in [0.5, 0.6) is 0 Å². The summed E-state index contributed by atoms with van der Waals surface area (Å²) in [4.78, 5) is 1.96. The number of nitriles is 1. The Kier molecular flexibility index (Phi) is 4.60. The lowest BCUT2D eigenvalue weighted by molar-refractivity contribution is -0.188. The van der Waals surface area contributed by atoms with Crippen molar-refractivity contribution in [1.29, 1.82) is 5.26 Å². The van der Waals surface area contributed by atoms with Crippen molar-refractivity contribution >= 4 is 0 Å². The van der Waals surface area contributed by atoms with E-state index in [9.17, 15) is 18.4 Å². The third-order valence-electron chi connectivity index (χ3n) is 4.65. The zero-order chi connectivity index (χ0) is 14.8. The molecule has 20 heavy (non-hydrogen) atoms. The molecule has 0 bridgehead atoms. The SMILES string of the molecule is CCNC1(C#N)CCC(N2CCCC(C(F)(F)F)C2)C1. The van der Waals surface area contributed by atoms with E-state index in [4.69, 9.17) is 0 Å². The summed E-state index contributed by atoms with van der Waals surface area (Å²) in [6, 6.07) is 2.44. The molecule has 3 atom stereocenters. The first-order valence-corrected chi connectivity index (χ1v) is 7.37. The number of likely N-dealkylation sites (tertiary alicyclic amines) is 1. The molecule has 0 spiro atoms. The van der Waals surface area contributed by atoms with Crippen LogP contribution in [0.4, 0.5) is 13.2 Å². The molecular weight excluding hydrogens is 267 g/mol. The Morgan fingerprint density at radius 2 is 2.15 bits per heavy atom. The molecule has 1 saturated carbocycles. The fourth-order valence-electron chi connectivity index (χ4n) is 3.58. The first-order chi connectivity index (χ1) is 9.40. The fraction of sp³-hybridized carbons (Fsp3) is 0.929. The highest BCUT2D eigenvalue weighted by Gasteiger charge is 2.46. The number of alkyl halides is 3.